The summed E-state index contributed by atoms with van der Waals surface area (Å²) >= 11 is 0. The zero-order valence-electron chi connectivity index (χ0n) is 21.9. The lowest BCUT2D eigenvalue weighted by Crippen LogP contribution is -2.49. The molecule has 1 aliphatic heterocycles. The lowest BCUT2D eigenvalue weighted by atomic mass is 10.1. The van der Waals surface area contributed by atoms with Gasteiger partial charge in [0.2, 0.25) is 5.91 Å². The average molecular weight is 472 g/mol. The summed E-state index contributed by atoms with van der Waals surface area (Å²) in [6.07, 6.45) is 2.25. The number of nitrogens with zero attached hydrogens (tertiary/aromatic N) is 5. The van der Waals surface area contributed by atoms with Gasteiger partial charge in [-0.15, -0.1) is 0 Å². The lowest BCUT2D eigenvalue weighted by molar-refractivity contribution is -0.132. The zero-order valence-corrected chi connectivity index (χ0v) is 21.9. The Morgan fingerprint density at radius 3 is 2.24 bits per heavy atom. The number of aromatic nitrogens is 2. The van der Waals surface area contributed by atoms with Crippen LogP contribution >= 0.6 is 0 Å². The molecular formula is C27H42FN5O. The molecule has 1 aromatic carbocycles. The summed E-state index contributed by atoms with van der Waals surface area (Å²) in [6, 6.07) is 7.06. The highest BCUT2D eigenvalue weighted by molar-refractivity contribution is 5.76. The normalized spacial score (nSPS) is 14.9. The van der Waals surface area contributed by atoms with E-state index < -0.39 is 0 Å². The Kier molecular flexibility index (Phi) is 9.11. The summed E-state index contributed by atoms with van der Waals surface area (Å²) in [5.74, 6) is 1.31. The molecule has 1 aromatic heterocycles. The molecule has 1 saturated heterocycles. The first kappa shape index (κ1) is 26.2. The highest BCUT2D eigenvalue weighted by Crippen LogP contribution is 2.31. The Hall–Kier alpha value is -2.41. The van der Waals surface area contributed by atoms with Crippen molar-refractivity contribution < 1.29 is 9.18 Å². The first-order valence-electron chi connectivity index (χ1n) is 12.9. The Bertz CT molecular complexity index is 929. The molecule has 1 amide bonds. The van der Waals surface area contributed by atoms with Gasteiger partial charge in [0.1, 0.15) is 11.6 Å². The maximum Gasteiger partial charge on any atom is 0.223 e. The van der Waals surface area contributed by atoms with Gasteiger partial charge in [0.15, 0.2) is 0 Å². The summed E-state index contributed by atoms with van der Waals surface area (Å²) in [5, 5.41) is 4.99. The Morgan fingerprint density at radius 1 is 1.06 bits per heavy atom. The molecule has 0 N–H and O–H groups in total. The Morgan fingerprint density at radius 2 is 1.71 bits per heavy atom. The number of anilines is 1. The number of carbonyl (C=O) groups excluding carboxylic acids is 1. The molecule has 0 unspecified atom stereocenters. The minimum atomic E-state index is -0.257. The summed E-state index contributed by atoms with van der Waals surface area (Å²) in [7, 11) is 0. The number of halogens is 1. The fourth-order valence-corrected chi connectivity index (χ4v) is 4.70. The summed E-state index contributed by atoms with van der Waals surface area (Å²) in [5.41, 5.74) is 2.97. The van der Waals surface area contributed by atoms with Crippen LogP contribution in [0.2, 0.25) is 0 Å². The molecule has 7 heteroatoms. The molecule has 0 bridgehead atoms. The van der Waals surface area contributed by atoms with Crippen LogP contribution in [0.5, 0.6) is 0 Å². The van der Waals surface area contributed by atoms with E-state index in [0.717, 1.165) is 68.3 Å². The van der Waals surface area contributed by atoms with Crippen molar-refractivity contribution in [2.75, 3.05) is 37.6 Å². The van der Waals surface area contributed by atoms with Crippen LogP contribution in [0.4, 0.5) is 10.2 Å². The number of rotatable bonds is 10. The molecule has 2 aromatic rings. The number of piperazine rings is 1. The average Bonchev–Trinajstić information content (AvgIpc) is 3.17. The topological polar surface area (TPSA) is 44.6 Å². The second-order valence-corrected chi connectivity index (χ2v) is 10.0. The van der Waals surface area contributed by atoms with E-state index in [-0.39, 0.29) is 11.7 Å². The van der Waals surface area contributed by atoms with Gasteiger partial charge in [0.05, 0.1) is 17.9 Å². The van der Waals surface area contributed by atoms with Crippen molar-refractivity contribution in [1.82, 2.24) is 19.6 Å². The highest BCUT2D eigenvalue weighted by atomic mass is 19.1. The molecular weight excluding hydrogens is 429 g/mol. The summed E-state index contributed by atoms with van der Waals surface area (Å²) in [6.45, 7) is 17.9. The first-order chi connectivity index (χ1) is 16.2. The largest absolute Gasteiger partial charge is 0.354 e. The standard InChI is InChI=1S/C27H42FN5O/c1-7-13-32(26(34)18-20(3)4)19-24-25(8-2)29-33(23-11-9-22(28)10-12-23)27(24)31-16-14-30(15-17-31)21(5)6/h9-12,20-21H,7-8,13-19H2,1-6H3. The third-order valence-corrected chi connectivity index (χ3v) is 6.57. The molecule has 0 atom stereocenters. The Balaban J connectivity index is 2.04. The van der Waals surface area contributed by atoms with Crippen LogP contribution in [0.1, 0.15) is 65.6 Å². The lowest BCUT2D eigenvalue weighted by Gasteiger charge is -2.38. The molecule has 1 aliphatic rings. The van der Waals surface area contributed by atoms with Gasteiger partial charge in [0.25, 0.3) is 0 Å². The monoisotopic (exact) mass is 471 g/mol. The molecule has 0 radical (unpaired) electrons. The minimum Gasteiger partial charge on any atom is -0.354 e. The van der Waals surface area contributed by atoms with E-state index in [0.29, 0.717) is 24.9 Å². The minimum absolute atomic E-state index is 0.198. The van der Waals surface area contributed by atoms with Gasteiger partial charge in [-0.2, -0.15) is 5.10 Å². The maximum absolute atomic E-state index is 13.7. The van der Waals surface area contributed by atoms with Crippen molar-refractivity contribution in [1.29, 1.82) is 0 Å². The fourth-order valence-electron chi connectivity index (χ4n) is 4.70. The van der Waals surface area contributed by atoms with E-state index >= 15 is 0 Å². The van der Waals surface area contributed by atoms with Gasteiger partial charge in [-0.3, -0.25) is 9.69 Å². The predicted octanol–water partition coefficient (Wildman–Crippen LogP) is 4.89. The molecule has 0 spiro atoms. The molecule has 0 aliphatic carbocycles. The van der Waals surface area contributed by atoms with Crippen LogP contribution in [0.15, 0.2) is 24.3 Å². The van der Waals surface area contributed by atoms with Crippen molar-refractivity contribution in [3.63, 3.8) is 0 Å². The van der Waals surface area contributed by atoms with E-state index in [1.54, 1.807) is 12.1 Å². The second-order valence-electron chi connectivity index (χ2n) is 10.0. The van der Waals surface area contributed by atoms with Crippen LogP contribution in [-0.4, -0.2) is 64.3 Å². The fraction of sp³-hybridized carbons (Fsp3) is 0.630. The maximum atomic E-state index is 13.7. The quantitative estimate of drug-likeness (QED) is 0.495. The van der Waals surface area contributed by atoms with Crippen molar-refractivity contribution >= 4 is 11.7 Å². The van der Waals surface area contributed by atoms with Crippen molar-refractivity contribution in [3.05, 3.63) is 41.3 Å². The van der Waals surface area contributed by atoms with Gasteiger partial charge in [-0.1, -0.05) is 27.7 Å². The Labute approximate surface area is 204 Å². The van der Waals surface area contributed by atoms with Crippen molar-refractivity contribution in [2.45, 2.75) is 73.4 Å². The van der Waals surface area contributed by atoms with Crippen LogP contribution in [-0.2, 0) is 17.8 Å². The van der Waals surface area contributed by atoms with E-state index in [4.69, 9.17) is 5.10 Å². The van der Waals surface area contributed by atoms with Gasteiger partial charge in [0, 0.05) is 50.7 Å². The van der Waals surface area contributed by atoms with Crippen LogP contribution in [0.3, 0.4) is 0 Å². The second kappa shape index (κ2) is 11.8. The first-order valence-corrected chi connectivity index (χ1v) is 12.9. The summed E-state index contributed by atoms with van der Waals surface area (Å²) in [4.78, 5) is 20.0. The molecule has 6 nitrogen and oxygen atoms in total. The van der Waals surface area contributed by atoms with E-state index in [9.17, 15) is 9.18 Å². The van der Waals surface area contributed by atoms with Crippen LogP contribution in [0, 0.1) is 11.7 Å². The smallest absolute Gasteiger partial charge is 0.223 e. The van der Waals surface area contributed by atoms with Crippen LogP contribution in [0.25, 0.3) is 5.69 Å². The number of amides is 1. The van der Waals surface area contributed by atoms with Gasteiger partial charge in [-0.25, -0.2) is 9.07 Å². The molecule has 2 heterocycles. The molecule has 1 fully saturated rings. The number of hydrogen-bond acceptors (Lipinski definition) is 4. The van der Waals surface area contributed by atoms with E-state index in [2.05, 4.69) is 51.3 Å². The third-order valence-electron chi connectivity index (χ3n) is 6.57. The molecule has 188 valence electrons. The molecule has 34 heavy (non-hydrogen) atoms. The number of carbonyl (C=O) groups is 1. The van der Waals surface area contributed by atoms with Crippen LogP contribution < -0.4 is 4.90 Å². The van der Waals surface area contributed by atoms with E-state index in [1.807, 2.05) is 9.58 Å². The molecule has 0 saturated carbocycles. The van der Waals surface area contributed by atoms with Gasteiger partial charge >= 0.3 is 0 Å². The summed E-state index contributed by atoms with van der Waals surface area (Å²) < 4.78 is 15.7. The van der Waals surface area contributed by atoms with Crippen molar-refractivity contribution in [2.24, 2.45) is 5.92 Å². The highest BCUT2D eigenvalue weighted by Gasteiger charge is 2.29. The SMILES string of the molecule is CCCN(Cc1c(CC)nn(-c2ccc(F)cc2)c1N1CCN(C(C)C)CC1)C(=O)CC(C)C. The third kappa shape index (κ3) is 6.17. The van der Waals surface area contributed by atoms with Gasteiger partial charge in [-0.05, 0) is 56.9 Å². The number of hydrogen-bond donors (Lipinski definition) is 0. The molecule has 3 rings (SSSR count). The predicted molar refractivity (Wildman–Crippen MR) is 137 cm³/mol. The zero-order chi connectivity index (χ0) is 24.8. The number of aryl methyl sites for hydroxylation is 1. The van der Waals surface area contributed by atoms with Crippen molar-refractivity contribution in [3.8, 4) is 5.69 Å². The van der Waals surface area contributed by atoms with E-state index in [1.165, 1.54) is 12.1 Å². The van der Waals surface area contributed by atoms with Gasteiger partial charge < -0.3 is 9.80 Å². The number of benzene rings is 1.